The monoisotopic (exact) mass is 359 g/mol. The maximum atomic E-state index is 13.1. The maximum Gasteiger partial charge on any atom is 0.325 e. The highest BCUT2D eigenvalue weighted by atomic mass is 19.1. The summed E-state index contributed by atoms with van der Waals surface area (Å²) in [7, 11) is 1.29. The summed E-state index contributed by atoms with van der Waals surface area (Å²) < 4.78 is 23.2. The zero-order valence-corrected chi connectivity index (χ0v) is 14.7. The van der Waals surface area contributed by atoms with E-state index in [2.05, 4.69) is 4.74 Å². The van der Waals surface area contributed by atoms with Crippen molar-refractivity contribution >= 4 is 11.9 Å². The quantitative estimate of drug-likeness (QED) is 0.510. The summed E-state index contributed by atoms with van der Waals surface area (Å²) in [6.45, 7) is 0.515. The third-order valence-corrected chi connectivity index (χ3v) is 3.72. The summed E-state index contributed by atoms with van der Waals surface area (Å²) in [5.41, 5.74) is 0.931. The van der Waals surface area contributed by atoms with Crippen LogP contribution in [0.1, 0.15) is 18.4 Å². The van der Waals surface area contributed by atoms with Gasteiger partial charge in [-0.05, 0) is 24.1 Å². The predicted molar refractivity (Wildman–Crippen MR) is 95.0 cm³/mol. The highest BCUT2D eigenvalue weighted by Crippen LogP contribution is 2.13. The highest BCUT2D eigenvalue weighted by molar-refractivity contribution is 5.82. The van der Waals surface area contributed by atoms with Crippen LogP contribution in [0.25, 0.3) is 0 Å². The fourth-order valence-corrected chi connectivity index (χ4v) is 2.38. The fourth-order valence-electron chi connectivity index (χ4n) is 2.38. The van der Waals surface area contributed by atoms with Crippen molar-refractivity contribution in [1.29, 1.82) is 0 Å². The molecule has 0 N–H and O–H groups in total. The van der Waals surface area contributed by atoms with Crippen LogP contribution in [0.3, 0.4) is 0 Å². The van der Waals surface area contributed by atoms with Crippen LogP contribution in [0, 0.1) is 5.82 Å². The van der Waals surface area contributed by atoms with E-state index in [9.17, 15) is 14.0 Å². The molecule has 0 unspecified atom stereocenters. The Hall–Kier alpha value is -2.89. The van der Waals surface area contributed by atoms with Gasteiger partial charge in [0.1, 0.15) is 18.1 Å². The van der Waals surface area contributed by atoms with E-state index < -0.39 is 5.97 Å². The lowest BCUT2D eigenvalue weighted by molar-refractivity contribution is -0.147. The smallest absolute Gasteiger partial charge is 0.325 e. The molecular weight excluding hydrogens is 337 g/mol. The molecule has 138 valence electrons. The summed E-state index contributed by atoms with van der Waals surface area (Å²) in [4.78, 5) is 25.5. The predicted octanol–water partition coefficient (Wildman–Crippen LogP) is 3.19. The largest absolute Gasteiger partial charge is 0.493 e. The SMILES string of the molecule is COC(=O)CN(Cc1ccccc1)C(=O)CCCOc1cccc(F)c1. The summed E-state index contributed by atoms with van der Waals surface area (Å²) in [5.74, 6) is -0.578. The molecule has 0 radical (unpaired) electrons. The van der Waals surface area contributed by atoms with Crippen molar-refractivity contribution in [2.24, 2.45) is 0 Å². The second kappa shape index (κ2) is 10.2. The number of nitrogens with zero attached hydrogens (tertiary/aromatic N) is 1. The first-order chi connectivity index (χ1) is 12.6. The van der Waals surface area contributed by atoms with Crippen LogP contribution in [0.4, 0.5) is 4.39 Å². The average Bonchev–Trinajstić information content (AvgIpc) is 2.65. The molecule has 0 spiro atoms. The molecule has 0 aromatic heterocycles. The van der Waals surface area contributed by atoms with Gasteiger partial charge in [-0.3, -0.25) is 9.59 Å². The summed E-state index contributed by atoms with van der Waals surface area (Å²) in [6, 6.07) is 15.3. The van der Waals surface area contributed by atoms with E-state index >= 15 is 0 Å². The average molecular weight is 359 g/mol. The van der Waals surface area contributed by atoms with Gasteiger partial charge in [-0.2, -0.15) is 0 Å². The molecular formula is C20H22FNO4. The van der Waals surface area contributed by atoms with Crippen LogP contribution in [0.5, 0.6) is 5.75 Å². The van der Waals surface area contributed by atoms with Gasteiger partial charge in [0.15, 0.2) is 0 Å². The topological polar surface area (TPSA) is 55.8 Å². The lowest BCUT2D eigenvalue weighted by atomic mass is 10.2. The molecule has 26 heavy (non-hydrogen) atoms. The number of esters is 1. The molecule has 0 aliphatic rings. The summed E-state index contributed by atoms with van der Waals surface area (Å²) >= 11 is 0. The summed E-state index contributed by atoms with van der Waals surface area (Å²) in [6.07, 6.45) is 0.682. The van der Waals surface area contributed by atoms with E-state index in [0.29, 0.717) is 18.7 Å². The minimum atomic E-state index is -0.467. The first-order valence-electron chi connectivity index (χ1n) is 8.35. The van der Waals surface area contributed by atoms with Crippen molar-refractivity contribution in [3.8, 4) is 5.75 Å². The van der Waals surface area contributed by atoms with Crippen LogP contribution in [-0.2, 0) is 20.9 Å². The molecule has 5 nitrogen and oxygen atoms in total. The number of methoxy groups -OCH3 is 1. The summed E-state index contributed by atoms with van der Waals surface area (Å²) in [5, 5.41) is 0. The second-order valence-corrected chi connectivity index (χ2v) is 5.72. The van der Waals surface area contributed by atoms with Crippen molar-refractivity contribution in [3.63, 3.8) is 0 Å². The lowest BCUT2D eigenvalue weighted by Crippen LogP contribution is -2.35. The Morgan fingerprint density at radius 1 is 1.08 bits per heavy atom. The van der Waals surface area contributed by atoms with Crippen LogP contribution in [-0.4, -0.2) is 37.0 Å². The zero-order chi connectivity index (χ0) is 18.8. The Morgan fingerprint density at radius 2 is 1.85 bits per heavy atom. The number of benzene rings is 2. The number of amides is 1. The van der Waals surface area contributed by atoms with E-state index in [4.69, 9.17) is 4.74 Å². The first-order valence-corrected chi connectivity index (χ1v) is 8.35. The van der Waals surface area contributed by atoms with Crippen molar-refractivity contribution < 1.29 is 23.5 Å². The fraction of sp³-hybridized carbons (Fsp3) is 0.300. The number of carbonyl (C=O) groups is 2. The maximum absolute atomic E-state index is 13.1. The van der Waals surface area contributed by atoms with Gasteiger partial charge in [-0.1, -0.05) is 36.4 Å². The third kappa shape index (κ3) is 6.55. The minimum absolute atomic E-state index is 0.102. The Balaban J connectivity index is 1.85. The number of hydrogen-bond acceptors (Lipinski definition) is 4. The first kappa shape index (κ1) is 19.4. The molecule has 1 amide bonds. The number of rotatable bonds is 9. The van der Waals surface area contributed by atoms with Gasteiger partial charge in [-0.25, -0.2) is 4.39 Å². The minimum Gasteiger partial charge on any atom is -0.493 e. The molecule has 0 aliphatic heterocycles. The standard InChI is InChI=1S/C20H22FNO4/c1-25-20(24)15-22(14-16-7-3-2-4-8-16)19(23)11-6-12-26-18-10-5-9-17(21)13-18/h2-5,7-10,13H,6,11-12,14-15H2,1H3. The molecule has 0 bridgehead atoms. The molecule has 2 aromatic rings. The highest BCUT2D eigenvalue weighted by Gasteiger charge is 2.17. The van der Waals surface area contributed by atoms with E-state index in [1.54, 1.807) is 12.1 Å². The third-order valence-electron chi connectivity index (χ3n) is 3.72. The van der Waals surface area contributed by atoms with Gasteiger partial charge in [0, 0.05) is 19.0 Å². The van der Waals surface area contributed by atoms with Gasteiger partial charge >= 0.3 is 5.97 Å². The number of hydrogen-bond donors (Lipinski definition) is 0. The van der Waals surface area contributed by atoms with Crippen molar-refractivity contribution in [2.45, 2.75) is 19.4 Å². The zero-order valence-electron chi connectivity index (χ0n) is 14.7. The van der Waals surface area contributed by atoms with Gasteiger partial charge in [0.05, 0.1) is 13.7 Å². The molecule has 2 aromatic carbocycles. The van der Waals surface area contributed by atoms with Gasteiger partial charge in [0.25, 0.3) is 0 Å². The molecule has 2 rings (SSSR count). The lowest BCUT2D eigenvalue weighted by Gasteiger charge is -2.21. The van der Waals surface area contributed by atoms with Crippen LogP contribution >= 0.6 is 0 Å². The van der Waals surface area contributed by atoms with Crippen molar-refractivity contribution in [2.75, 3.05) is 20.3 Å². The Bertz CT molecular complexity index is 721. The molecule has 6 heteroatoms. The van der Waals surface area contributed by atoms with Crippen LogP contribution in [0.2, 0.25) is 0 Å². The number of ether oxygens (including phenoxy) is 2. The van der Waals surface area contributed by atoms with E-state index in [1.165, 1.54) is 24.1 Å². The normalized spacial score (nSPS) is 10.2. The van der Waals surface area contributed by atoms with E-state index in [0.717, 1.165) is 5.56 Å². The second-order valence-electron chi connectivity index (χ2n) is 5.72. The molecule has 0 atom stereocenters. The molecule has 0 fully saturated rings. The van der Waals surface area contributed by atoms with Crippen molar-refractivity contribution in [1.82, 2.24) is 4.90 Å². The molecule has 0 saturated carbocycles. The van der Waals surface area contributed by atoms with Gasteiger partial charge in [-0.15, -0.1) is 0 Å². The van der Waals surface area contributed by atoms with Gasteiger partial charge in [0.2, 0.25) is 5.91 Å². The Kier molecular flexibility index (Phi) is 7.61. The number of carbonyl (C=O) groups excluding carboxylic acids is 2. The molecule has 0 aliphatic carbocycles. The van der Waals surface area contributed by atoms with Crippen molar-refractivity contribution in [3.05, 3.63) is 66.0 Å². The Labute approximate surface area is 152 Å². The van der Waals surface area contributed by atoms with Crippen LogP contribution in [0.15, 0.2) is 54.6 Å². The van der Waals surface area contributed by atoms with Gasteiger partial charge < -0.3 is 14.4 Å². The van der Waals surface area contributed by atoms with Crippen LogP contribution < -0.4 is 4.74 Å². The van der Waals surface area contributed by atoms with E-state index in [1.807, 2.05) is 30.3 Å². The molecule has 0 heterocycles. The molecule has 0 saturated heterocycles. The Morgan fingerprint density at radius 3 is 2.54 bits per heavy atom. The van der Waals surface area contributed by atoms with E-state index in [-0.39, 0.29) is 31.3 Å². The number of halogens is 1.